The Morgan fingerprint density at radius 2 is 1.67 bits per heavy atom. The van der Waals surface area contributed by atoms with Gasteiger partial charge in [0.05, 0.1) is 7.11 Å². The Bertz CT molecular complexity index is 485. The van der Waals surface area contributed by atoms with E-state index in [1.807, 2.05) is 20.2 Å². The maximum Gasteiger partial charge on any atom is 0.162 e. The van der Waals surface area contributed by atoms with Gasteiger partial charge in [0.25, 0.3) is 0 Å². The summed E-state index contributed by atoms with van der Waals surface area (Å²) in [6.07, 6.45) is 1.06. The molecule has 1 rings (SSSR count). The number of rotatable bonds is 5. The van der Waals surface area contributed by atoms with E-state index in [0.29, 0.717) is 12.3 Å². The lowest BCUT2D eigenvalue weighted by atomic mass is 9.72. The zero-order chi connectivity index (χ0) is 16.4. The summed E-state index contributed by atoms with van der Waals surface area (Å²) in [5.74, 6) is 0.813. The number of hydrogen-bond donors (Lipinski definition) is 1. The summed E-state index contributed by atoms with van der Waals surface area (Å²) in [6.45, 7) is 12.0. The second kappa shape index (κ2) is 6.27. The molecule has 0 atom stereocenters. The van der Waals surface area contributed by atoms with E-state index >= 15 is 0 Å². The third kappa shape index (κ3) is 4.92. The van der Waals surface area contributed by atoms with Gasteiger partial charge >= 0.3 is 0 Å². The van der Waals surface area contributed by atoms with Gasteiger partial charge in [0, 0.05) is 12.1 Å². The van der Waals surface area contributed by atoms with E-state index in [9.17, 15) is 5.11 Å². The van der Waals surface area contributed by atoms with Crippen LogP contribution < -0.4 is 4.74 Å². The molecule has 0 aliphatic rings. The zero-order valence-electron chi connectivity index (χ0n) is 14.9. The van der Waals surface area contributed by atoms with Crippen LogP contribution in [0.4, 0.5) is 0 Å². The minimum atomic E-state index is 0.0281. The highest BCUT2D eigenvalue weighted by Crippen LogP contribution is 2.41. The summed E-state index contributed by atoms with van der Waals surface area (Å²) < 4.78 is 5.36. The van der Waals surface area contributed by atoms with E-state index in [4.69, 9.17) is 4.74 Å². The van der Waals surface area contributed by atoms with Crippen molar-refractivity contribution in [1.82, 2.24) is 4.90 Å². The van der Waals surface area contributed by atoms with E-state index in [0.717, 1.165) is 12.0 Å². The number of benzene rings is 1. The predicted octanol–water partition coefficient (Wildman–Crippen LogP) is 4.18. The molecule has 3 nitrogen and oxygen atoms in total. The van der Waals surface area contributed by atoms with Crippen LogP contribution in [0.15, 0.2) is 12.1 Å². The molecule has 120 valence electrons. The van der Waals surface area contributed by atoms with Gasteiger partial charge < -0.3 is 14.7 Å². The van der Waals surface area contributed by atoms with Gasteiger partial charge in [-0.15, -0.1) is 0 Å². The lowest BCUT2D eigenvalue weighted by Gasteiger charge is -2.33. The first kappa shape index (κ1) is 17.8. The van der Waals surface area contributed by atoms with Crippen LogP contribution in [0, 0.1) is 5.41 Å². The van der Waals surface area contributed by atoms with E-state index in [2.05, 4.69) is 45.6 Å². The molecule has 0 saturated carbocycles. The fourth-order valence-electron chi connectivity index (χ4n) is 3.10. The number of aromatic hydroxyl groups is 1. The van der Waals surface area contributed by atoms with Crippen LogP contribution in [0.5, 0.6) is 11.5 Å². The van der Waals surface area contributed by atoms with Gasteiger partial charge in [0.2, 0.25) is 0 Å². The molecule has 0 spiro atoms. The lowest BCUT2D eigenvalue weighted by molar-refractivity contribution is 0.282. The highest BCUT2D eigenvalue weighted by molar-refractivity contribution is 5.50. The summed E-state index contributed by atoms with van der Waals surface area (Å²) in [4.78, 5) is 2.05. The van der Waals surface area contributed by atoms with Crippen molar-refractivity contribution in [2.45, 2.75) is 53.0 Å². The maximum absolute atomic E-state index is 10.3. The summed E-state index contributed by atoms with van der Waals surface area (Å²) in [7, 11) is 5.60. The molecule has 0 unspecified atom stereocenters. The molecular formula is C18H31NO2. The van der Waals surface area contributed by atoms with Crippen LogP contribution in [-0.4, -0.2) is 31.2 Å². The van der Waals surface area contributed by atoms with Crippen molar-refractivity contribution in [3.8, 4) is 11.5 Å². The number of methoxy groups -OCH3 is 1. The van der Waals surface area contributed by atoms with Crippen molar-refractivity contribution in [1.29, 1.82) is 0 Å². The molecular weight excluding hydrogens is 262 g/mol. The summed E-state index contributed by atoms with van der Waals surface area (Å²) in [5, 5.41) is 10.3. The molecule has 21 heavy (non-hydrogen) atoms. The fraction of sp³-hybridized carbons (Fsp3) is 0.667. The van der Waals surface area contributed by atoms with Gasteiger partial charge in [-0.25, -0.2) is 0 Å². The quantitative estimate of drug-likeness (QED) is 0.884. The Hall–Kier alpha value is -1.22. The molecule has 0 fully saturated rings. The Morgan fingerprint density at radius 3 is 2.10 bits per heavy atom. The molecule has 3 heteroatoms. The standard InChI is InChI=1S/C18H31NO2/c1-17(2,3)12-18(4,5)14-9-13(11-19(6)7)16(20)15(10-14)21-8/h9-10,20H,11-12H2,1-8H3. The lowest BCUT2D eigenvalue weighted by Crippen LogP contribution is -2.25. The van der Waals surface area contributed by atoms with Gasteiger partial charge in [-0.1, -0.05) is 34.6 Å². The molecule has 0 aliphatic heterocycles. The normalized spacial score (nSPS) is 12.8. The average Bonchev–Trinajstić information content (AvgIpc) is 2.27. The third-order valence-electron chi connectivity index (χ3n) is 3.61. The highest BCUT2D eigenvalue weighted by atomic mass is 16.5. The van der Waals surface area contributed by atoms with Crippen LogP contribution in [0.25, 0.3) is 0 Å². The Morgan fingerprint density at radius 1 is 1.10 bits per heavy atom. The van der Waals surface area contributed by atoms with E-state index in [-0.39, 0.29) is 16.6 Å². The number of ether oxygens (including phenoxy) is 1. The first-order valence-electron chi connectivity index (χ1n) is 7.51. The SMILES string of the molecule is COc1cc(C(C)(C)CC(C)(C)C)cc(CN(C)C)c1O. The minimum Gasteiger partial charge on any atom is -0.504 e. The molecule has 1 N–H and O–H groups in total. The third-order valence-corrected chi connectivity index (χ3v) is 3.61. The molecule has 0 radical (unpaired) electrons. The van der Waals surface area contributed by atoms with E-state index < -0.39 is 0 Å². The van der Waals surface area contributed by atoms with Crippen molar-refractivity contribution in [2.24, 2.45) is 5.41 Å². The second-order valence-corrected chi connectivity index (χ2v) is 8.05. The number of hydrogen-bond acceptors (Lipinski definition) is 3. The minimum absolute atomic E-state index is 0.0281. The molecule has 0 saturated heterocycles. The van der Waals surface area contributed by atoms with Crippen LogP contribution >= 0.6 is 0 Å². The molecule has 0 heterocycles. The molecule has 0 bridgehead atoms. The predicted molar refractivity (Wildman–Crippen MR) is 89.1 cm³/mol. The highest BCUT2D eigenvalue weighted by Gasteiger charge is 2.29. The van der Waals surface area contributed by atoms with Crippen molar-refractivity contribution in [3.63, 3.8) is 0 Å². The molecule has 0 amide bonds. The van der Waals surface area contributed by atoms with Crippen LogP contribution in [0.1, 0.15) is 52.2 Å². The first-order valence-corrected chi connectivity index (χ1v) is 7.51. The number of phenolic OH excluding ortho intramolecular Hbond substituents is 1. The van der Waals surface area contributed by atoms with Gasteiger partial charge in [-0.05, 0) is 49.0 Å². The molecule has 0 aliphatic carbocycles. The van der Waals surface area contributed by atoms with E-state index in [1.54, 1.807) is 7.11 Å². The maximum atomic E-state index is 10.3. The van der Waals surface area contributed by atoms with Crippen molar-refractivity contribution >= 4 is 0 Å². The summed E-state index contributed by atoms with van der Waals surface area (Å²) in [5.41, 5.74) is 2.40. The van der Waals surface area contributed by atoms with Crippen LogP contribution in [0.3, 0.4) is 0 Å². The van der Waals surface area contributed by atoms with Crippen LogP contribution in [0.2, 0.25) is 0 Å². The topological polar surface area (TPSA) is 32.7 Å². The summed E-state index contributed by atoms with van der Waals surface area (Å²) in [6, 6.07) is 4.09. The van der Waals surface area contributed by atoms with Crippen molar-refractivity contribution in [2.75, 3.05) is 21.2 Å². The average molecular weight is 293 g/mol. The van der Waals surface area contributed by atoms with Gasteiger partial charge in [0.15, 0.2) is 11.5 Å². The zero-order valence-corrected chi connectivity index (χ0v) is 14.9. The Labute approximate surface area is 129 Å². The Balaban J connectivity index is 3.29. The fourth-order valence-corrected chi connectivity index (χ4v) is 3.10. The molecule has 1 aromatic rings. The van der Waals surface area contributed by atoms with Crippen LogP contribution in [-0.2, 0) is 12.0 Å². The van der Waals surface area contributed by atoms with Gasteiger partial charge in [0.1, 0.15) is 0 Å². The van der Waals surface area contributed by atoms with E-state index in [1.165, 1.54) is 5.56 Å². The molecule has 0 aromatic heterocycles. The second-order valence-electron chi connectivity index (χ2n) is 8.05. The smallest absolute Gasteiger partial charge is 0.162 e. The first-order chi connectivity index (χ1) is 9.46. The van der Waals surface area contributed by atoms with Gasteiger partial charge in [-0.3, -0.25) is 0 Å². The van der Waals surface area contributed by atoms with Crippen molar-refractivity contribution < 1.29 is 9.84 Å². The largest absolute Gasteiger partial charge is 0.504 e. The number of phenols is 1. The van der Waals surface area contributed by atoms with Crippen molar-refractivity contribution in [3.05, 3.63) is 23.3 Å². The summed E-state index contributed by atoms with van der Waals surface area (Å²) >= 11 is 0. The van der Waals surface area contributed by atoms with Gasteiger partial charge in [-0.2, -0.15) is 0 Å². The monoisotopic (exact) mass is 293 g/mol. The molecule has 1 aromatic carbocycles. The Kier molecular flexibility index (Phi) is 5.32. The number of nitrogens with zero attached hydrogens (tertiary/aromatic N) is 1.